The normalized spacial score (nSPS) is 10.7. The molecule has 2 aromatic carbocycles. The molecule has 0 aliphatic carbocycles. The van der Waals surface area contributed by atoms with Crippen molar-refractivity contribution in [1.29, 1.82) is 0 Å². The van der Waals surface area contributed by atoms with Crippen molar-refractivity contribution in [3.8, 4) is 0 Å². The SMILES string of the molecule is COC(=O)c1n[nH]c2ccc(NC(=O)CCSc3ccc(F)cc3)cc12. The minimum atomic E-state index is -0.546. The number of benzene rings is 2. The minimum absolute atomic E-state index is 0.151. The Morgan fingerprint density at radius 2 is 2.00 bits per heavy atom. The van der Waals surface area contributed by atoms with E-state index in [0.29, 0.717) is 28.8 Å². The van der Waals surface area contributed by atoms with E-state index in [0.717, 1.165) is 4.90 Å². The number of carbonyl (C=O) groups is 2. The molecule has 0 spiro atoms. The smallest absolute Gasteiger partial charge is 0.359 e. The number of ether oxygens (including phenoxy) is 1. The third kappa shape index (κ3) is 4.20. The molecule has 3 aromatic rings. The van der Waals surface area contributed by atoms with Gasteiger partial charge in [0.25, 0.3) is 0 Å². The number of esters is 1. The molecule has 0 aliphatic rings. The van der Waals surface area contributed by atoms with E-state index in [1.807, 2.05) is 0 Å². The molecule has 1 amide bonds. The summed E-state index contributed by atoms with van der Waals surface area (Å²) in [6.45, 7) is 0. The van der Waals surface area contributed by atoms with Gasteiger partial charge in [-0.3, -0.25) is 9.89 Å². The average molecular weight is 373 g/mol. The Hall–Kier alpha value is -2.87. The van der Waals surface area contributed by atoms with Crippen molar-refractivity contribution in [2.45, 2.75) is 11.3 Å². The molecule has 2 N–H and O–H groups in total. The van der Waals surface area contributed by atoms with Gasteiger partial charge in [0.2, 0.25) is 5.91 Å². The van der Waals surface area contributed by atoms with Gasteiger partial charge in [0.1, 0.15) is 5.82 Å². The summed E-state index contributed by atoms with van der Waals surface area (Å²) in [5.41, 5.74) is 1.42. The molecule has 0 saturated heterocycles. The van der Waals surface area contributed by atoms with Crippen LogP contribution in [0.15, 0.2) is 47.4 Å². The van der Waals surface area contributed by atoms with Gasteiger partial charge >= 0.3 is 5.97 Å². The third-order valence-electron chi connectivity index (χ3n) is 3.64. The summed E-state index contributed by atoms with van der Waals surface area (Å²) in [7, 11) is 1.28. The number of aromatic nitrogens is 2. The molecule has 8 heteroatoms. The Morgan fingerprint density at radius 3 is 2.73 bits per heavy atom. The summed E-state index contributed by atoms with van der Waals surface area (Å²) in [4.78, 5) is 24.7. The number of rotatable bonds is 6. The standard InChI is InChI=1S/C18H16FN3O3S/c1-25-18(24)17-14-10-12(4-7-15(14)21-22-17)20-16(23)8-9-26-13-5-2-11(19)3-6-13/h2-7,10H,8-9H2,1H3,(H,20,23)(H,21,22). The molecule has 134 valence electrons. The summed E-state index contributed by atoms with van der Waals surface area (Å²) < 4.78 is 17.6. The first-order chi connectivity index (χ1) is 12.6. The monoisotopic (exact) mass is 373 g/mol. The molecule has 0 atom stereocenters. The number of thioether (sulfide) groups is 1. The van der Waals surface area contributed by atoms with Gasteiger partial charge in [-0.05, 0) is 42.5 Å². The van der Waals surface area contributed by atoms with Gasteiger partial charge in [-0.25, -0.2) is 9.18 Å². The van der Waals surface area contributed by atoms with E-state index in [4.69, 9.17) is 4.74 Å². The summed E-state index contributed by atoms with van der Waals surface area (Å²) >= 11 is 1.48. The molecule has 26 heavy (non-hydrogen) atoms. The van der Waals surface area contributed by atoms with Crippen molar-refractivity contribution in [1.82, 2.24) is 10.2 Å². The maximum Gasteiger partial charge on any atom is 0.359 e. The highest BCUT2D eigenvalue weighted by Gasteiger charge is 2.15. The number of amides is 1. The fourth-order valence-electron chi connectivity index (χ4n) is 2.36. The second-order valence-electron chi connectivity index (χ2n) is 5.42. The van der Waals surface area contributed by atoms with Crippen molar-refractivity contribution < 1.29 is 18.7 Å². The second kappa shape index (κ2) is 8.01. The number of H-pyrrole nitrogens is 1. The number of hydrogen-bond donors (Lipinski definition) is 2. The molecule has 0 fully saturated rings. The van der Waals surface area contributed by atoms with E-state index >= 15 is 0 Å². The highest BCUT2D eigenvalue weighted by Crippen LogP contribution is 2.22. The van der Waals surface area contributed by atoms with Crippen molar-refractivity contribution in [3.63, 3.8) is 0 Å². The predicted octanol–water partition coefficient (Wildman–Crippen LogP) is 3.61. The Kier molecular flexibility index (Phi) is 5.52. The zero-order valence-corrected chi connectivity index (χ0v) is 14.7. The number of aromatic amines is 1. The Balaban J connectivity index is 1.60. The van der Waals surface area contributed by atoms with E-state index in [1.54, 1.807) is 30.3 Å². The van der Waals surface area contributed by atoms with Gasteiger partial charge in [0.05, 0.1) is 12.6 Å². The molecule has 0 aliphatic heterocycles. The van der Waals surface area contributed by atoms with E-state index in [1.165, 1.54) is 31.0 Å². The van der Waals surface area contributed by atoms with Crippen LogP contribution < -0.4 is 5.32 Å². The van der Waals surface area contributed by atoms with Crippen LogP contribution in [-0.4, -0.2) is 34.9 Å². The highest BCUT2D eigenvalue weighted by atomic mass is 32.2. The number of anilines is 1. The lowest BCUT2D eigenvalue weighted by atomic mass is 10.2. The average Bonchev–Trinajstić information content (AvgIpc) is 3.06. The Labute approximate surface area is 153 Å². The van der Waals surface area contributed by atoms with Crippen LogP contribution in [0, 0.1) is 5.82 Å². The van der Waals surface area contributed by atoms with Crippen molar-refractivity contribution in [3.05, 3.63) is 54.0 Å². The fourth-order valence-corrected chi connectivity index (χ4v) is 3.21. The van der Waals surface area contributed by atoms with Gasteiger partial charge in [0.15, 0.2) is 5.69 Å². The molecule has 0 unspecified atom stereocenters. The second-order valence-corrected chi connectivity index (χ2v) is 6.59. The number of nitrogens with one attached hydrogen (secondary N) is 2. The maximum atomic E-state index is 12.9. The van der Waals surface area contributed by atoms with Crippen LogP contribution in [0.5, 0.6) is 0 Å². The molecule has 1 aromatic heterocycles. The summed E-state index contributed by atoms with van der Waals surface area (Å²) in [5.74, 6) is -0.413. The van der Waals surface area contributed by atoms with Crippen molar-refractivity contribution in [2.24, 2.45) is 0 Å². The number of halogens is 1. The predicted molar refractivity (Wildman–Crippen MR) is 97.8 cm³/mol. The first-order valence-corrected chi connectivity index (χ1v) is 8.80. The summed E-state index contributed by atoms with van der Waals surface area (Å²) in [5, 5.41) is 10.1. The number of methoxy groups -OCH3 is 1. The lowest BCUT2D eigenvalue weighted by Gasteiger charge is -2.06. The maximum absolute atomic E-state index is 12.9. The van der Waals surface area contributed by atoms with E-state index in [-0.39, 0.29) is 17.4 Å². The van der Waals surface area contributed by atoms with Gasteiger partial charge in [0, 0.05) is 28.1 Å². The van der Waals surface area contributed by atoms with E-state index < -0.39 is 5.97 Å². The Bertz CT molecular complexity index is 941. The van der Waals surface area contributed by atoms with Gasteiger partial charge < -0.3 is 10.1 Å². The molecular weight excluding hydrogens is 357 g/mol. The van der Waals surface area contributed by atoms with Crippen molar-refractivity contribution >= 4 is 40.2 Å². The number of carbonyl (C=O) groups excluding carboxylic acids is 2. The fraction of sp³-hybridized carbons (Fsp3) is 0.167. The van der Waals surface area contributed by atoms with Gasteiger partial charge in [-0.2, -0.15) is 5.10 Å². The topological polar surface area (TPSA) is 84.1 Å². The van der Waals surface area contributed by atoms with Crippen LogP contribution in [0.4, 0.5) is 10.1 Å². The molecule has 0 radical (unpaired) electrons. The lowest BCUT2D eigenvalue weighted by molar-refractivity contribution is -0.115. The largest absolute Gasteiger partial charge is 0.464 e. The summed E-state index contributed by atoms with van der Waals surface area (Å²) in [6.07, 6.45) is 0.301. The number of hydrogen-bond acceptors (Lipinski definition) is 5. The molecule has 0 bridgehead atoms. The first-order valence-electron chi connectivity index (χ1n) is 7.81. The first kappa shape index (κ1) is 17.9. The molecule has 3 rings (SSSR count). The number of nitrogens with zero attached hydrogens (tertiary/aromatic N) is 1. The molecule has 0 saturated carbocycles. The lowest BCUT2D eigenvalue weighted by Crippen LogP contribution is -2.12. The van der Waals surface area contributed by atoms with Gasteiger partial charge in [-0.15, -0.1) is 11.8 Å². The van der Waals surface area contributed by atoms with Crippen LogP contribution in [0.3, 0.4) is 0 Å². The Morgan fingerprint density at radius 1 is 1.23 bits per heavy atom. The van der Waals surface area contributed by atoms with Gasteiger partial charge in [-0.1, -0.05) is 0 Å². The van der Waals surface area contributed by atoms with Crippen LogP contribution in [0.1, 0.15) is 16.9 Å². The zero-order chi connectivity index (χ0) is 18.5. The number of fused-ring (bicyclic) bond motifs is 1. The molecular formula is C18H16FN3O3S. The van der Waals surface area contributed by atoms with Crippen molar-refractivity contribution in [2.75, 3.05) is 18.2 Å². The summed E-state index contributed by atoms with van der Waals surface area (Å²) in [6, 6.07) is 11.3. The van der Waals surface area contributed by atoms with Crippen LogP contribution >= 0.6 is 11.8 Å². The highest BCUT2D eigenvalue weighted by molar-refractivity contribution is 7.99. The van der Waals surface area contributed by atoms with Crippen LogP contribution in [0.25, 0.3) is 10.9 Å². The van der Waals surface area contributed by atoms with E-state index in [2.05, 4.69) is 15.5 Å². The van der Waals surface area contributed by atoms with Crippen LogP contribution in [-0.2, 0) is 9.53 Å². The third-order valence-corrected chi connectivity index (χ3v) is 4.65. The van der Waals surface area contributed by atoms with E-state index in [9.17, 15) is 14.0 Å². The molecule has 6 nitrogen and oxygen atoms in total. The van der Waals surface area contributed by atoms with Crippen LogP contribution in [0.2, 0.25) is 0 Å². The zero-order valence-electron chi connectivity index (χ0n) is 13.9. The minimum Gasteiger partial charge on any atom is -0.464 e. The molecule has 1 heterocycles. The quantitative estimate of drug-likeness (QED) is 0.509.